The Morgan fingerprint density at radius 2 is 2.33 bits per heavy atom. The summed E-state index contributed by atoms with van der Waals surface area (Å²) in [6.07, 6.45) is 3.71. The van der Waals surface area contributed by atoms with Crippen molar-refractivity contribution in [2.75, 3.05) is 13.1 Å². The predicted molar refractivity (Wildman–Crippen MR) is 60.6 cm³/mol. The topological polar surface area (TPSA) is 41.1 Å². The number of amides is 1. The first-order valence-electron chi connectivity index (χ1n) is 5.53. The smallest absolute Gasteiger partial charge is 0.237 e. The number of hydrogen-bond acceptors (Lipinski definition) is 2. The highest BCUT2D eigenvalue weighted by Crippen LogP contribution is 2.37. The molecule has 0 radical (unpaired) electrons. The molecule has 15 heavy (non-hydrogen) atoms. The molecule has 4 heteroatoms. The first-order chi connectivity index (χ1) is 7.18. The molecule has 1 aliphatic carbocycles. The Morgan fingerprint density at radius 3 is 3.07 bits per heavy atom. The maximum atomic E-state index is 11.8. The van der Waals surface area contributed by atoms with Gasteiger partial charge in [-0.25, -0.2) is 0 Å². The number of halogens is 1. The Hall–Kier alpha value is -0.540. The fraction of sp³-hybridized carbons (Fsp3) is 0.727. The van der Waals surface area contributed by atoms with E-state index in [4.69, 9.17) is 11.6 Å². The van der Waals surface area contributed by atoms with Crippen LogP contribution in [0.1, 0.15) is 19.3 Å². The standard InChI is InChI=1S/C11H17ClN2O/c1-7(12)5-14-11(15)10-9-4-2-3-8(9)6-13-10/h8-10,13H,1-6H2,(H,14,15). The second-order valence-electron chi connectivity index (χ2n) is 4.48. The second-order valence-corrected chi connectivity index (χ2v) is 5.01. The van der Waals surface area contributed by atoms with Gasteiger partial charge in [0, 0.05) is 5.03 Å². The van der Waals surface area contributed by atoms with Gasteiger partial charge in [0.2, 0.25) is 5.91 Å². The van der Waals surface area contributed by atoms with Gasteiger partial charge < -0.3 is 10.6 Å². The number of carbonyl (C=O) groups is 1. The lowest BCUT2D eigenvalue weighted by Gasteiger charge is -2.17. The fourth-order valence-electron chi connectivity index (χ4n) is 2.77. The van der Waals surface area contributed by atoms with E-state index in [9.17, 15) is 4.79 Å². The van der Waals surface area contributed by atoms with Gasteiger partial charge in [-0.05, 0) is 31.2 Å². The second kappa shape index (κ2) is 4.54. The first-order valence-corrected chi connectivity index (χ1v) is 5.90. The summed E-state index contributed by atoms with van der Waals surface area (Å²) < 4.78 is 0. The molecule has 3 atom stereocenters. The van der Waals surface area contributed by atoms with Crippen molar-refractivity contribution in [2.45, 2.75) is 25.3 Å². The molecule has 3 unspecified atom stereocenters. The van der Waals surface area contributed by atoms with Crippen LogP contribution in [0.4, 0.5) is 0 Å². The van der Waals surface area contributed by atoms with Crippen molar-refractivity contribution in [2.24, 2.45) is 11.8 Å². The summed E-state index contributed by atoms with van der Waals surface area (Å²) >= 11 is 5.61. The highest BCUT2D eigenvalue weighted by Gasteiger charge is 2.42. The number of hydrogen-bond donors (Lipinski definition) is 2. The molecular formula is C11H17ClN2O. The summed E-state index contributed by atoms with van der Waals surface area (Å²) in [7, 11) is 0. The van der Waals surface area contributed by atoms with Crippen LogP contribution in [-0.4, -0.2) is 25.0 Å². The Morgan fingerprint density at radius 1 is 1.53 bits per heavy atom. The Balaban J connectivity index is 1.87. The average Bonchev–Trinajstić information content (AvgIpc) is 2.74. The first kappa shape index (κ1) is 11.0. The third kappa shape index (κ3) is 2.34. The molecule has 0 aromatic rings. The van der Waals surface area contributed by atoms with Gasteiger partial charge in [0.05, 0.1) is 12.6 Å². The van der Waals surface area contributed by atoms with E-state index in [1.165, 1.54) is 19.3 Å². The molecule has 0 aromatic heterocycles. The molecule has 2 aliphatic rings. The predicted octanol–water partition coefficient (Wildman–Crippen LogP) is 1.24. The summed E-state index contributed by atoms with van der Waals surface area (Å²) in [6.45, 7) is 4.91. The quantitative estimate of drug-likeness (QED) is 0.763. The van der Waals surface area contributed by atoms with Crippen LogP contribution in [0.25, 0.3) is 0 Å². The van der Waals surface area contributed by atoms with E-state index in [2.05, 4.69) is 17.2 Å². The molecule has 0 aromatic carbocycles. The normalized spacial score (nSPS) is 33.8. The van der Waals surface area contributed by atoms with E-state index in [0.29, 0.717) is 23.4 Å². The van der Waals surface area contributed by atoms with Gasteiger partial charge in [-0.2, -0.15) is 0 Å². The molecule has 0 spiro atoms. The highest BCUT2D eigenvalue weighted by molar-refractivity contribution is 6.29. The maximum Gasteiger partial charge on any atom is 0.237 e. The third-order valence-electron chi connectivity index (χ3n) is 3.48. The Bertz CT molecular complexity index is 280. The summed E-state index contributed by atoms with van der Waals surface area (Å²) in [5, 5.41) is 6.58. The van der Waals surface area contributed by atoms with Gasteiger partial charge in [-0.1, -0.05) is 24.6 Å². The zero-order valence-electron chi connectivity index (χ0n) is 8.76. The van der Waals surface area contributed by atoms with Crippen molar-refractivity contribution in [1.82, 2.24) is 10.6 Å². The molecule has 2 rings (SSSR count). The van der Waals surface area contributed by atoms with Gasteiger partial charge in [-0.3, -0.25) is 4.79 Å². The molecule has 2 N–H and O–H groups in total. The third-order valence-corrected chi connectivity index (χ3v) is 3.62. The fourth-order valence-corrected chi connectivity index (χ4v) is 2.83. The van der Waals surface area contributed by atoms with Crippen LogP contribution >= 0.6 is 11.6 Å². The van der Waals surface area contributed by atoms with E-state index in [1.54, 1.807) is 0 Å². The van der Waals surface area contributed by atoms with Crippen LogP contribution in [0, 0.1) is 11.8 Å². The van der Waals surface area contributed by atoms with Crippen molar-refractivity contribution in [1.29, 1.82) is 0 Å². The Kier molecular flexibility index (Phi) is 3.32. The van der Waals surface area contributed by atoms with Crippen molar-refractivity contribution >= 4 is 17.5 Å². The van der Waals surface area contributed by atoms with E-state index in [0.717, 1.165) is 6.54 Å². The van der Waals surface area contributed by atoms with Gasteiger partial charge in [0.15, 0.2) is 0 Å². The summed E-state index contributed by atoms with van der Waals surface area (Å²) in [5.41, 5.74) is 0. The van der Waals surface area contributed by atoms with Gasteiger partial charge in [0.25, 0.3) is 0 Å². The monoisotopic (exact) mass is 228 g/mol. The minimum atomic E-state index is -0.00600. The van der Waals surface area contributed by atoms with Crippen LogP contribution in [0.5, 0.6) is 0 Å². The lowest BCUT2D eigenvalue weighted by molar-refractivity contribution is -0.123. The zero-order chi connectivity index (χ0) is 10.8. The van der Waals surface area contributed by atoms with Crippen molar-refractivity contribution in [3.8, 4) is 0 Å². The van der Waals surface area contributed by atoms with Crippen LogP contribution < -0.4 is 10.6 Å². The van der Waals surface area contributed by atoms with Crippen LogP contribution in [0.15, 0.2) is 11.6 Å². The van der Waals surface area contributed by atoms with Gasteiger partial charge in [-0.15, -0.1) is 0 Å². The number of nitrogens with one attached hydrogen (secondary N) is 2. The van der Waals surface area contributed by atoms with E-state index in [-0.39, 0.29) is 11.9 Å². The van der Waals surface area contributed by atoms with Crippen LogP contribution in [-0.2, 0) is 4.79 Å². The molecule has 0 bridgehead atoms. The molecule has 84 valence electrons. The van der Waals surface area contributed by atoms with E-state index >= 15 is 0 Å². The summed E-state index contributed by atoms with van der Waals surface area (Å²) in [4.78, 5) is 11.8. The summed E-state index contributed by atoms with van der Waals surface area (Å²) in [5.74, 6) is 1.32. The molecule has 3 nitrogen and oxygen atoms in total. The van der Waals surface area contributed by atoms with E-state index < -0.39 is 0 Å². The number of fused-ring (bicyclic) bond motifs is 1. The number of carbonyl (C=O) groups excluding carboxylic acids is 1. The van der Waals surface area contributed by atoms with Gasteiger partial charge in [0.1, 0.15) is 0 Å². The Labute approximate surface area is 95.3 Å². The molecular weight excluding hydrogens is 212 g/mol. The SMILES string of the molecule is C=C(Cl)CNC(=O)C1NCC2CCCC21. The van der Waals surface area contributed by atoms with Crippen LogP contribution in [0.3, 0.4) is 0 Å². The molecule has 1 amide bonds. The summed E-state index contributed by atoms with van der Waals surface area (Å²) in [6, 6.07) is -0.00600. The van der Waals surface area contributed by atoms with Gasteiger partial charge >= 0.3 is 0 Å². The number of rotatable bonds is 3. The minimum Gasteiger partial charge on any atom is -0.350 e. The van der Waals surface area contributed by atoms with Crippen molar-refractivity contribution in [3.05, 3.63) is 11.6 Å². The largest absolute Gasteiger partial charge is 0.350 e. The molecule has 1 heterocycles. The molecule has 2 fully saturated rings. The average molecular weight is 229 g/mol. The highest BCUT2D eigenvalue weighted by atomic mass is 35.5. The minimum absolute atomic E-state index is 0.00600. The van der Waals surface area contributed by atoms with Crippen molar-refractivity contribution in [3.63, 3.8) is 0 Å². The van der Waals surface area contributed by atoms with Crippen LogP contribution in [0.2, 0.25) is 0 Å². The molecule has 1 aliphatic heterocycles. The molecule has 1 saturated carbocycles. The zero-order valence-corrected chi connectivity index (χ0v) is 9.52. The lowest BCUT2D eigenvalue weighted by Crippen LogP contribution is -2.44. The molecule has 1 saturated heterocycles. The maximum absolute atomic E-state index is 11.8. The van der Waals surface area contributed by atoms with E-state index in [1.807, 2.05) is 0 Å². The van der Waals surface area contributed by atoms with Crippen molar-refractivity contribution < 1.29 is 4.79 Å². The lowest BCUT2D eigenvalue weighted by atomic mass is 9.94.